The highest BCUT2D eigenvalue weighted by Gasteiger charge is 2.13. The number of hydrogen-bond acceptors (Lipinski definition) is 5. The molecule has 1 amide bonds. The topological polar surface area (TPSA) is 93.8 Å². The van der Waals surface area contributed by atoms with Crippen LogP contribution in [0.3, 0.4) is 0 Å². The Morgan fingerprint density at radius 2 is 1.79 bits per heavy atom. The van der Waals surface area contributed by atoms with Crippen LogP contribution in [-0.4, -0.2) is 20.9 Å². The lowest BCUT2D eigenvalue weighted by Gasteiger charge is -2.13. The number of nitrogens with one attached hydrogen (secondary N) is 1. The monoisotopic (exact) mass is 385 g/mol. The lowest BCUT2D eigenvalue weighted by atomic mass is 10.1. The lowest BCUT2D eigenvalue weighted by molar-refractivity contribution is 0.100. The first kappa shape index (κ1) is 19.9. The maximum atomic E-state index is 11.8. The fraction of sp³-hybridized carbons (Fsp3) is 0.130. The number of amides is 1. The van der Waals surface area contributed by atoms with Crippen molar-refractivity contribution in [2.24, 2.45) is 5.73 Å². The minimum Gasteiger partial charge on any atom is -0.366 e. The zero-order chi connectivity index (χ0) is 20.8. The van der Waals surface area contributed by atoms with Gasteiger partial charge in [-0.1, -0.05) is 37.6 Å². The fourth-order valence-corrected chi connectivity index (χ4v) is 2.90. The molecule has 146 valence electrons. The van der Waals surface area contributed by atoms with Crippen LogP contribution >= 0.6 is 0 Å². The quantitative estimate of drug-likeness (QED) is 0.523. The molecule has 0 aliphatic rings. The third-order valence-electron chi connectivity index (χ3n) is 4.22. The Bertz CT molecular complexity index is 1140. The van der Waals surface area contributed by atoms with E-state index < -0.39 is 5.91 Å². The molecular formula is C23H23N5O. The van der Waals surface area contributed by atoms with Gasteiger partial charge in [-0.3, -0.25) is 9.78 Å². The second-order valence-corrected chi connectivity index (χ2v) is 6.19. The van der Waals surface area contributed by atoms with E-state index in [0.717, 1.165) is 22.0 Å². The van der Waals surface area contributed by atoms with Crippen LogP contribution < -0.4 is 11.1 Å². The Morgan fingerprint density at radius 1 is 1.00 bits per heavy atom. The molecule has 6 nitrogen and oxygen atoms in total. The van der Waals surface area contributed by atoms with Crippen LogP contribution in [0.25, 0.3) is 22.3 Å². The molecule has 0 unspecified atom stereocenters. The number of rotatable bonds is 4. The zero-order valence-corrected chi connectivity index (χ0v) is 16.7. The standard InChI is InChI=1S/C21H17N5O.C2H6/c1-13-8-9-18-16(11-13)21(25-17-7-3-2-6-15(17)19(22)27)26-20(24-18)14-5-4-10-23-12-14;1-2/h2-12H,1H3,(H2,22,27)(H,24,25,26);1-2H3. The number of pyridine rings is 1. The van der Waals surface area contributed by atoms with Crippen molar-refractivity contribution in [2.75, 3.05) is 5.32 Å². The van der Waals surface area contributed by atoms with Gasteiger partial charge in [0, 0.05) is 23.3 Å². The number of para-hydroxylation sites is 1. The molecule has 0 saturated heterocycles. The van der Waals surface area contributed by atoms with E-state index in [0.29, 0.717) is 22.9 Å². The number of nitrogens with zero attached hydrogens (tertiary/aromatic N) is 3. The van der Waals surface area contributed by atoms with E-state index in [4.69, 9.17) is 10.7 Å². The van der Waals surface area contributed by atoms with E-state index in [-0.39, 0.29) is 0 Å². The van der Waals surface area contributed by atoms with Gasteiger partial charge in [-0.05, 0) is 43.3 Å². The van der Waals surface area contributed by atoms with Crippen LogP contribution in [0.2, 0.25) is 0 Å². The molecule has 0 spiro atoms. The highest BCUT2D eigenvalue weighted by Crippen LogP contribution is 2.29. The molecule has 2 heterocycles. The minimum absolute atomic E-state index is 0.403. The predicted octanol–water partition coefficient (Wildman–Crippen LogP) is 4.87. The second-order valence-electron chi connectivity index (χ2n) is 6.19. The third kappa shape index (κ3) is 4.38. The van der Waals surface area contributed by atoms with Crippen LogP contribution in [-0.2, 0) is 0 Å². The molecular weight excluding hydrogens is 362 g/mol. The molecule has 2 aromatic heterocycles. The van der Waals surface area contributed by atoms with Gasteiger partial charge in [0.25, 0.3) is 5.91 Å². The zero-order valence-electron chi connectivity index (χ0n) is 16.7. The first-order valence-corrected chi connectivity index (χ1v) is 9.46. The summed E-state index contributed by atoms with van der Waals surface area (Å²) < 4.78 is 0. The number of primary amides is 1. The number of aryl methyl sites for hydroxylation is 1. The molecule has 0 bridgehead atoms. The predicted molar refractivity (Wildman–Crippen MR) is 117 cm³/mol. The Labute approximate surface area is 169 Å². The van der Waals surface area contributed by atoms with Crippen molar-refractivity contribution in [2.45, 2.75) is 20.8 Å². The number of anilines is 2. The van der Waals surface area contributed by atoms with Crippen molar-refractivity contribution in [1.82, 2.24) is 15.0 Å². The third-order valence-corrected chi connectivity index (χ3v) is 4.22. The molecule has 4 rings (SSSR count). The lowest BCUT2D eigenvalue weighted by Crippen LogP contribution is -2.13. The molecule has 29 heavy (non-hydrogen) atoms. The van der Waals surface area contributed by atoms with Crippen molar-refractivity contribution in [3.63, 3.8) is 0 Å². The average molecular weight is 385 g/mol. The molecule has 0 radical (unpaired) electrons. The largest absolute Gasteiger partial charge is 0.366 e. The summed E-state index contributed by atoms with van der Waals surface area (Å²) in [7, 11) is 0. The first-order chi connectivity index (χ1) is 14.1. The number of fused-ring (bicyclic) bond motifs is 1. The molecule has 0 saturated carbocycles. The Balaban J connectivity index is 0.00000117. The Hall–Kier alpha value is -3.80. The summed E-state index contributed by atoms with van der Waals surface area (Å²) in [6, 6.07) is 16.8. The maximum absolute atomic E-state index is 11.8. The molecule has 0 aliphatic heterocycles. The van der Waals surface area contributed by atoms with E-state index in [1.54, 1.807) is 30.6 Å². The summed E-state index contributed by atoms with van der Waals surface area (Å²) in [6.45, 7) is 6.01. The summed E-state index contributed by atoms with van der Waals surface area (Å²) >= 11 is 0. The molecule has 0 atom stereocenters. The summed E-state index contributed by atoms with van der Waals surface area (Å²) in [4.78, 5) is 25.3. The van der Waals surface area contributed by atoms with Crippen molar-refractivity contribution < 1.29 is 4.79 Å². The number of carbonyl (C=O) groups is 1. The van der Waals surface area contributed by atoms with Crippen molar-refractivity contribution in [1.29, 1.82) is 0 Å². The van der Waals surface area contributed by atoms with Gasteiger partial charge >= 0.3 is 0 Å². The number of carbonyl (C=O) groups excluding carboxylic acids is 1. The Morgan fingerprint density at radius 3 is 2.52 bits per heavy atom. The average Bonchev–Trinajstić information content (AvgIpc) is 2.76. The van der Waals surface area contributed by atoms with Crippen LogP contribution in [0.5, 0.6) is 0 Å². The SMILES string of the molecule is CC.Cc1ccc2nc(-c3cccnc3)nc(Nc3ccccc3C(N)=O)c2c1. The molecule has 0 fully saturated rings. The van der Waals surface area contributed by atoms with Gasteiger partial charge in [-0.2, -0.15) is 0 Å². The second kappa shape index (κ2) is 8.93. The molecule has 6 heteroatoms. The number of aromatic nitrogens is 3. The van der Waals surface area contributed by atoms with Crippen LogP contribution in [0.1, 0.15) is 29.8 Å². The normalized spacial score (nSPS) is 10.2. The highest BCUT2D eigenvalue weighted by molar-refractivity contribution is 6.01. The molecule has 4 aromatic rings. The first-order valence-electron chi connectivity index (χ1n) is 9.46. The number of benzene rings is 2. The van der Waals surface area contributed by atoms with E-state index >= 15 is 0 Å². The van der Waals surface area contributed by atoms with E-state index in [1.807, 2.05) is 57.2 Å². The summed E-state index contributed by atoms with van der Waals surface area (Å²) in [5.41, 5.74) is 9.21. The molecule has 0 aliphatic carbocycles. The van der Waals surface area contributed by atoms with Gasteiger partial charge in [0.15, 0.2) is 5.82 Å². The van der Waals surface area contributed by atoms with Crippen LogP contribution in [0, 0.1) is 6.92 Å². The van der Waals surface area contributed by atoms with Gasteiger partial charge in [-0.15, -0.1) is 0 Å². The summed E-state index contributed by atoms with van der Waals surface area (Å²) in [6.07, 6.45) is 3.42. The van der Waals surface area contributed by atoms with Gasteiger partial charge in [0.1, 0.15) is 5.82 Å². The van der Waals surface area contributed by atoms with E-state index in [1.165, 1.54) is 0 Å². The minimum atomic E-state index is -0.500. The van der Waals surface area contributed by atoms with Crippen molar-refractivity contribution in [3.8, 4) is 11.4 Å². The smallest absolute Gasteiger partial charge is 0.250 e. The molecule has 2 aromatic carbocycles. The van der Waals surface area contributed by atoms with E-state index in [2.05, 4.69) is 15.3 Å². The van der Waals surface area contributed by atoms with Gasteiger partial charge < -0.3 is 11.1 Å². The fourth-order valence-electron chi connectivity index (χ4n) is 2.90. The van der Waals surface area contributed by atoms with Crippen LogP contribution in [0.4, 0.5) is 11.5 Å². The van der Waals surface area contributed by atoms with Crippen molar-refractivity contribution in [3.05, 3.63) is 78.1 Å². The summed E-state index contributed by atoms with van der Waals surface area (Å²) in [5, 5.41) is 4.12. The van der Waals surface area contributed by atoms with E-state index in [9.17, 15) is 4.79 Å². The van der Waals surface area contributed by atoms with Gasteiger partial charge in [0.05, 0.1) is 16.8 Å². The summed E-state index contributed by atoms with van der Waals surface area (Å²) in [5.74, 6) is 0.662. The number of nitrogens with two attached hydrogens (primary N) is 1. The van der Waals surface area contributed by atoms with Gasteiger partial charge in [0.2, 0.25) is 0 Å². The Kier molecular flexibility index (Phi) is 6.14. The van der Waals surface area contributed by atoms with Gasteiger partial charge in [-0.25, -0.2) is 9.97 Å². The van der Waals surface area contributed by atoms with Crippen LogP contribution in [0.15, 0.2) is 67.0 Å². The van der Waals surface area contributed by atoms with Crippen molar-refractivity contribution >= 4 is 28.3 Å². The highest BCUT2D eigenvalue weighted by atomic mass is 16.1. The molecule has 3 N–H and O–H groups in total. The maximum Gasteiger partial charge on any atom is 0.250 e. The number of hydrogen-bond donors (Lipinski definition) is 2.